The second-order valence-corrected chi connectivity index (χ2v) is 15.6. The number of carbonyl (C=O) groups excluding carboxylic acids is 9. The van der Waals surface area contributed by atoms with Gasteiger partial charge in [0.15, 0.2) is 0 Å². The van der Waals surface area contributed by atoms with Crippen molar-refractivity contribution in [2.75, 3.05) is 72.7 Å². The van der Waals surface area contributed by atoms with E-state index in [1.165, 1.54) is 36.4 Å². The van der Waals surface area contributed by atoms with E-state index in [0.29, 0.717) is 16.7 Å². The highest BCUT2D eigenvalue weighted by atomic mass is 16.6. The quantitative estimate of drug-likeness (QED) is 0.0206. The maximum Gasteiger partial charge on any atom is 0.356 e. The summed E-state index contributed by atoms with van der Waals surface area (Å²) in [5.41, 5.74) is 0.467. The predicted octanol–water partition coefficient (Wildman–Crippen LogP) is -0.0883. The van der Waals surface area contributed by atoms with Crippen LogP contribution in [0.25, 0.3) is 0 Å². The van der Waals surface area contributed by atoms with Crippen LogP contribution < -0.4 is 14.2 Å². The summed E-state index contributed by atoms with van der Waals surface area (Å²) in [6.07, 6.45) is -4.07. The van der Waals surface area contributed by atoms with Crippen LogP contribution in [0.1, 0.15) is 62.1 Å². The summed E-state index contributed by atoms with van der Waals surface area (Å²) in [5, 5.41) is 54.4. The van der Waals surface area contributed by atoms with Gasteiger partial charge in [0.25, 0.3) is 0 Å². The first kappa shape index (κ1) is 60.0. The molecule has 0 fully saturated rings. The lowest BCUT2D eigenvalue weighted by molar-refractivity contribution is -0.170. The predicted molar refractivity (Wildman–Crippen MR) is 244 cm³/mol. The monoisotopic (exact) mass is 1030 g/mol. The number of hydrogen-bond donors (Lipinski definition) is 6. The van der Waals surface area contributed by atoms with Crippen LogP contribution in [0.2, 0.25) is 0 Å². The van der Waals surface area contributed by atoms with Crippen molar-refractivity contribution in [3.8, 4) is 17.2 Å². The van der Waals surface area contributed by atoms with E-state index in [9.17, 15) is 43.2 Å². The number of esters is 9. The Labute approximate surface area is 417 Å². The van der Waals surface area contributed by atoms with Crippen molar-refractivity contribution in [2.24, 2.45) is 11.8 Å². The van der Waals surface area contributed by atoms with Gasteiger partial charge in [-0.15, -0.1) is 0 Å². The standard InChI is InChI=1S/C49H58O24/c1-49(35-6-12-38(13-7-35)72-48(64)39(73-45(61)19-25-55)30-69-44(60)18-24-54,33-2-8-36(9-3-33)70-46(62)31(26-65-40(56)14-20-50)27-66-41(57)15-21-51)34-4-10-37(11-5-34)71-47(63)32(28-67-42(58)16-22-52)29-68-43(59)17-23-53/h2-13,31-32,39,50-55H,14-30H2,1H3. The molecule has 3 aromatic carbocycles. The van der Waals surface area contributed by atoms with E-state index >= 15 is 0 Å². The minimum Gasteiger partial charge on any atom is -0.465 e. The second kappa shape index (κ2) is 31.9. The third-order valence-corrected chi connectivity index (χ3v) is 10.2. The summed E-state index contributed by atoms with van der Waals surface area (Å²) in [5.74, 6) is -10.9. The molecule has 0 aliphatic carbocycles. The van der Waals surface area contributed by atoms with E-state index < -0.39 is 163 Å². The number of hydrogen-bond acceptors (Lipinski definition) is 24. The number of benzene rings is 3. The first-order chi connectivity index (χ1) is 35.0. The maximum absolute atomic E-state index is 13.3. The Kier molecular flexibility index (Phi) is 26.2. The fraction of sp³-hybridized carbons (Fsp3) is 0.449. The van der Waals surface area contributed by atoms with Crippen LogP contribution in [-0.4, -0.2) is 163 Å². The molecule has 1 atom stereocenters. The van der Waals surface area contributed by atoms with Gasteiger partial charge in [-0.05, 0) is 60.0 Å². The zero-order valence-electron chi connectivity index (χ0n) is 39.7. The Morgan fingerprint density at radius 2 is 0.616 bits per heavy atom. The molecule has 0 aromatic heterocycles. The SMILES string of the molecule is CC(c1ccc(OC(=O)C(COC(=O)CCO)COC(=O)CCO)cc1)(c1ccc(OC(=O)C(COC(=O)CCO)COC(=O)CCO)cc1)c1ccc(OC(=O)C(COC(=O)CCO)OC(=O)CCO)cc1. The lowest BCUT2D eigenvalue weighted by atomic mass is 9.71. The number of rotatable bonds is 32. The molecule has 398 valence electrons. The van der Waals surface area contributed by atoms with Gasteiger partial charge in [0, 0.05) is 5.41 Å². The molecule has 0 spiro atoms. The summed E-state index contributed by atoms with van der Waals surface area (Å²) >= 11 is 0. The fourth-order valence-electron chi connectivity index (χ4n) is 6.24. The summed E-state index contributed by atoms with van der Waals surface area (Å²) in [6.45, 7) is -4.43. The molecule has 0 saturated carbocycles. The van der Waals surface area contributed by atoms with Gasteiger partial charge in [0.2, 0.25) is 6.10 Å². The average molecular weight is 1030 g/mol. The van der Waals surface area contributed by atoms with Gasteiger partial charge in [0.1, 0.15) is 62.1 Å². The number of ether oxygens (including phenoxy) is 9. The molecule has 0 heterocycles. The zero-order chi connectivity index (χ0) is 53.8. The molecule has 0 aliphatic heterocycles. The van der Waals surface area contributed by atoms with Crippen molar-refractivity contribution >= 4 is 53.7 Å². The van der Waals surface area contributed by atoms with Crippen LogP contribution in [-0.2, 0) is 77.0 Å². The van der Waals surface area contributed by atoms with Gasteiger partial charge in [-0.3, -0.25) is 38.4 Å². The molecule has 1 unspecified atom stereocenters. The molecule has 24 nitrogen and oxygen atoms in total. The summed E-state index contributed by atoms with van der Waals surface area (Å²) in [6, 6.07) is 18.2. The van der Waals surface area contributed by atoms with Gasteiger partial charge in [-0.2, -0.15) is 0 Å². The van der Waals surface area contributed by atoms with Gasteiger partial charge >= 0.3 is 53.7 Å². The van der Waals surface area contributed by atoms with Crippen molar-refractivity contribution in [1.82, 2.24) is 0 Å². The molecule has 0 aliphatic rings. The van der Waals surface area contributed by atoms with Crippen LogP contribution in [0.3, 0.4) is 0 Å². The molecule has 3 rings (SSSR count). The van der Waals surface area contributed by atoms with E-state index in [0.717, 1.165) is 0 Å². The van der Waals surface area contributed by atoms with Crippen LogP contribution >= 0.6 is 0 Å². The smallest absolute Gasteiger partial charge is 0.356 e. The molecule has 0 bridgehead atoms. The van der Waals surface area contributed by atoms with Crippen LogP contribution in [0.15, 0.2) is 72.8 Å². The first-order valence-corrected chi connectivity index (χ1v) is 22.6. The maximum atomic E-state index is 13.3. The molecule has 24 heteroatoms. The van der Waals surface area contributed by atoms with Gasteiger partial charge < -0.3 is 73.3 Å². The average Bonchev–Trinajstić information content (AvgIpc) is 3.36. The molecule has 6 N–H and O–H groups in total. The second-order valence-electron chi connectivity index (χ2n) is 15.6. The summed E-state index contributed by atoms with van der Waals surface area (Å²) in [4.78, 5) is 112. The first-order valence-electron chi connectivity index (χ1n) is 22.6. The fourth-order valence-corrected chi connectivity index (χ4v) is 6.24. The molecule has 0 amide bonds. The van der Waals surface area contributed by atoms with E-state index in [1.807, 2.05) is 0 Å². The minimum atomic E-state index is -1.75. The van der Waals surface area contributed by atoms with E-state index in [1.54, 1.807) is 43.3 Å². The largest absolute Gasteiger partial charge is 0.465 e. The van der Waals surface area contributed by atoms with Crippen molar-refractivity contribution in [3.63, 3.8) is 0 Å². The van der Waals surface area contributed by atoms with Crippen molar-refractivity contribution in [1.29, 1.82) is 0 Å². The topological polar surface area (TPSA) is 358 Å². The van der Waals surface area contributed by atoms with Crippen LogP contribution in [0.4, 0.5) is 0 Å². The van der Waals surface area contributed by atoms with E-state index in [-0.39, 0.29) is 42.9 Å². The molecular weight excluding hydrogens is 973 g/mol. The molecule has 0 radical (unpaired) electrons. The number of carbonyl (C=O) groups is 9. The van der Waals surface area contributed by atoms with Crippen LogP contribution in [0.5, 0.6) is 17.2 Å². The minimum absolute atomic E-state index is 0.00362. The summed E-state index contributed by atoms with van der Waals surface area (Å²) in [7, 11) is 0. The lowest BCUT2D eigenvalue weighted by Crippen LogP contribution is -2.36. The number of aliphatic hydroxyl groups is 6. The van der Waals surface area contributed by atoms with Gasteiger partial charge in [-0.1, -0.05) is 36.4 Å². The Bertz CT molecular complexity index is 2130. The number of aliphatic hydroxyl groups excluding tert-OH is 6. The normalized spacial score (nSPS) is 11.5. The highest BCUT2D eigenvalue weighted by Gasteiger charge is 2.34. The highest BCUT2D eigenvalue weighted by Crippen LogP contribution is 2.41. The Morgan fingerprint density at radius 3 is 0.890 bits per heavy atom. The summed E-state index contributed by atoms with van der Waals surface area (Å²) < 4.78 is 46.8. The third kappa shape index (κ3) is 20.4. The van der Waals surface area contributed by atoms with Crippen molar-refractivity contribution in [3.05, 3.63) is 89.5 Å². The van der Waals surface area contributed by atoms with Crippen molar-refractivity contribution < 1.29 is 116 Å². The highest BCUT2D eigenvalue weighted by molar-refractivity contribution is 5.82. The van der Waals surface area contributed by atoms with E-state index in [2.05, 4.69) is 0 Å². The molecule has 73 heavy (non-hydrogen) atoms. The van der Waals surface area contributed by atoms with E-state index in [4.69, 9.17) is 73.3 Å². The van der Waals surface area contributed by atoms with Gasteiger partial charge in [-0.25, -0.2) is 4.79 Å². The van der Waals surface area contributed by atoms with Crippen LogP contribution in [0, 0.1) is 11.8 Å². The van der Waals surface area contributed by atoms with Gasteiger partial charge in [0.05, 0.1) is 78.2 Å². The Morgan fingerprint density at radius 1 is 0.370 bits per heavy atom. The Hall–Kier alpha value is -7.35. The van der Waals surface area contributed by atoms with Crippen molar-refractivity contribution in [2.45, 2.75) is 57.0 Å². The lowest BCUT2D eigenvalue weighted by Gasteiger charge is -2.32. The Balaban J connectivity index is 2.01. The molecule has 0 saturated heterocycles. The molecular formula is C49H58O24. The zero-order valence-corrected chi connectivity index (χ0v) is 39.7. The third-order valence-electron chi connectivity index (χ3n) is 10.2. The molecule has 3 aromatic rings.